The van der Waals surface area contributed by atoms with Crippen molar-refractivity contribution in [2.45, 2.75) is 34.6 Å². The summed E-state index contributed by atoms with van der Waals surface area (Å²) >= 11 is 3.25. The fourth-order valence-electron chi connectivity index (χ4n) is 1.92. The van der Waals surface area contributed by atoms with Gasteiger partial charge in [0.25, 0.3) is 0 Å². The van der Waals surface area contributed by atoms with E-state index in [0.717, 1.165) is 10.2 Å². The Labute approximate surface area is 129 Å². The molecule has 0 aliphatic rings. The molecular formula is C16H23BrN3+. The molecule has 4 N–H and O–H groups in total. The van der Waals surface area contributed by atoms with E-state index in [1.165, 1.54) is 26.9 Å². The normalized spacial score (nSPS) is 9.90. The van der Waals surface area contributed by atoms with Gasteiger partial charge in [0, 0.05) is 6.92 Å². The topological polar surface area (TPSA) is 55.9 Å². The second-order valence-electron chi connectivity index (χ2n) is 5.10. The molecule has 0 aliphatic heterocycles. The van der Waals surface area contributed by atoms with Gasteiger partial charge in [0.1, 0.15) is 10.2 Å². The molecule has 0 bridgehead atoms. The summed E-state index contributed by atoms with van der Waals surface area (Å²) in [5.41, 5.74) is 12.1. The Kier molecular flexibility index (Phi) is 5.57. The standard InChI is InChI=1S/C10H14.C6H8BrN3/c1-7-5-8(2)10(4)9(3)6-7;1-4-2-3-5(7)6(8)10(4)9/h5-6H,1-4H3;2-3,8H,9H2,1H3/p+1. The minimum atomic E-state index is 0.542. The molecule has 0 unspecified atom stereocenters. The quantitative estimate of drug-likeness (QED) is 0.573. The number of aromatic nitrogens is 1. The van der Waals surface area contributed by atoms with E-state index in [4.69, 9.17) is 11.6 Å². The number of pyridine rings is 1. The Bertz CT molecular complexity index is 571. The Morgan fingerprint density at radius 3 is 1.90 bits per heavy atom. The highest BCUT2D eigenvalue weighted by molar-refractivity contribution is 9.10. The maximum atomic E-state index is 5.57. The van der Waals surface area contributed by atoms with E-state index >= 15 is 0 Å². The number of anilines is 1. The van der Waals surface area contributed by atoms with Crippen molar-refractivity contribution in [3.63, 3.8) is 0 Å². The summed E-state index contributed by atoms with van der Waals surface area (Å²) in [4.78, 5) is 0. The Hall–Kier alpha value is -1.55. The third-order valence-corrected chi connectivity index (χ3v) is 4.10. The van der Waals surface area contributed by atoms with Gasteiger partial charge < -0.3 is 0 Å². The van der Waals surface area contributed by atoms with Gasteiger partial charge in [-0.05, 0) is 72.4 Å². The SMILES string of the molecule is Cc1cc(C)c(C)c(C)c1.Cc1ccc(Br)c(N)[n+]1N. The average molecular weight is 337 g/mol. The van der Waals surface area contributed by atoms with Crippen LogP contribution in [0.1, 0.15) is 27.9 Å². The summed E-state index contributed by atoms with van der Waals surface area (Å²) in [5.74, 6) is 6.09. The summed E-state index contributed by atoms with van der Waals surface area (Å²) in [6, 6.07) is 8.21. The smallest absolute Gasteiger partial charge is 0.284 e. The Morgan fingerprint density at radius 1 is 0.950 bits per heavy atom. The lowest BCUT2D eigenvalue weighted by Crippen LogP contribution is -2.49. The number of nitrogens with zero attached hydrogens (tertiary/aromatic N) is 1. The third kappa shape index (κ3) is 3.97. The second-order valence-corrected chi connectivity index (χ2v) is 5.96. The molecule has 0 saturated carbocycles. The third-order valence-electron chi connectivity index (χ3n) is 3.43. The van der Waals surface area contributed by atoms with Gasteiger partial charge in [-0.1, -0.05) is 17.7 Å². The molecule has 2 aromatic rings. The summed E-state index contributed by atoms with van der Waals surface area (Å²) in [5, 5.41) is 0. The molecule has 1 heterocycles. The zero-order chi connectivity index (χ0) is 15.4. The Balaban J connectivity index is 0.000000200. The van der Waals surface area contributed by atoms with Crippen LogP contribution in [-0.4, -0.2) is 0 Å². The monoisotopic (exact) mass is 336 g/mol. The first-order valence-electron chi connectivity index (χ1n) is 6.50. The van der Waals surface area contributed by atoms with E-state index in [1.807, 2.05) is 19.1 Å². The van der Waals surface area contributed by atoms with Gasteiger partial charge in [-0.25, -0.2) is 0 Å². The van der Waals surface area contributed by atoms with Crippen LogP contribution in [0.4, 0.5) is 5.82 Å². The van der Waals surface area contributed by atoms with Crippen molar-refractivity contribution in [2.24, 2.45) is 0 Å². The Morgan fingerprint density at radius 2 is 1.45 bits per heavy atom. The lowest BCUT2D eigenvalue weighted by atomic mass is 10.0. The molecule has 1 aromatic heterocycles. The summed E-state index contributed by atoms with van der Waals surface area (Å²) in [6.45, 7) is 10.5. The first-order valence-corrected chi connectivity index (χ1v) is 7.29. The van der Waals surface area contributed by atoms with Crippen molar-refractivity contribution in [1.29, 1.82) is 0 Å². The van der Waals surface area contributed by atoms with E-state index in [9.17, 15) is 0 Å². The van der Waals surface area contributed by atoms with Crippen LogP contribution in [0.5, 0.6) is 0 Å². The fraction of sp³-hybridized carbons (Fsp3) is 0.312. The predicted octanol–water partition coefficient (Wildman–Crippen LogP) is 3.26. The van der Waals surface area contributed by atoms with Crippen LogP contribution in [0.15, 0.2) is 28.7 Å². The number of aryl methyl sites for hydroxylation is 4. The minimum absolute atomic E-state index is 0.542. The lowest BCUT2D eigenvalue weighted by molar-refractivity contribution is -0.630. The van der Waals surface area contributed by atoms with Crippen molar-refractivity contribution < 1.29 is 4.68 Å². The van der Waals surface area contributed by atoms with Gasteiger partial charge >= 0.3 is 5.82 Å². The first kappa shape index (κ1) is 16.5. The molecule has 0 atom stereocenters. The van der Waals surface area contributed by atoms with E-state index in [2.05, 4.69) is 55.8 Å². The molecule has 0 amide bonds. The van der Waals surface area contributed by atoms with Gasteiger partial charge in [0.05, 0.1) is 0 Å². The van der Waals surface area contributed by atoms with E-state index in [-0.39, 0.29) is 0 Å². The maximum Gasteiger partial charge on any atom is 0.310 e. The van der Waals surface area contributed by atoms with Crippen LogP contribution < -0.4 is 16.3 Å². The van der Waals surface area contributed by atoms with Crippen LogP contribution in [-0.2, 0) is 0 Å². The van der Waals surface area contributed by atoms with Crippen LogP contribution in [0.2, 0.25) is 0 Å². The molecule has 0 aliphatic carbocycles. The zero-order valence-electron chi connectivity index (χ0n) is 12.8. The number of nitrogens with two attached hydrogens (primary N) is 2. The second kappa shape index (κ2) is 6.75. The number of hydrogen-bond acceptors (Lipinski definition) is 2. The van der Waals surface area contributed by atoms with Crippen molar-refractivity contribution >= 4 is 21.7 Å². The van der Waals surface area contributed by atoms with Gasteiger partial charge in [0.2, 0.25) is 0 Å². The molecule has 2 rings (SSSR count). The molecule has 0 fully saturated rings. The number of benzene rings is 1. The first-order chi connectivity index (χ1) is 9.23. The lowest BCUT2D eigenvalue weighted by Gasteiger charge is -2.04. The van der Waals surface area contributed by atoms with Gasteiger partial charge in [-0.3, -0.25) is 11.6 Å². The van der Waals surface area contributed by atoms with E-state index < -0.39 is 0 Å². The molecule has 0 saturated heterocycles. The number of halogens is 1. The summed E-state index contributed by atoms with van der Waals surface area (Å²) in [6.07, 6.45) is 0. The zero-order valence-corrected chi connectivity index (χ0v) is 14.4. The highest BCUT2D eigenvalue weighted by atomic mass is 79.9. The average Bonchev–Trinajstić information content (AvgIpc) is 2.39. The predicted molar refractivity (Wildman–Crippen MR) is 89.0 cm³/mol. The van der Waals surface area contributed by atoms with Crippen molar-refractivity contribution in [3.05, 3.63) is 56.7 Å². The maximum absolute atomic E-state index is 5.57. The van der Waals surface area contributed by atoms with Crippen molar-refractivity contribution in [3.8, 4) is 0 Å². The molecule has 0 spiro atoms. The van der Waals surface area contributed by atoms with E-state index in [1.54, 1.807) is 0 Å². The van der Waals surface area contributed by atoms with Crippen LogP contribution in [0.3, 0.4) is 0 Å². The number of hydrogen-bond donors (Lipinski definition) is 2. The molecule has 0 radical (unpaired) electrons. The highest BCUT2D eigenvalue weighted by Gasteiger charge is 2.07. The molecule has 20 heavy (non-hydrogen) atoms. The number of rotatable bonds is 0. The molecular weight excluding hydrogens is 314 g/mol. The largest absolute Gasteiger partial charge is 0.310 e. The number of nitrogen functional groups attached to an aromatic ring is 2. The van der Waals surface area contributed by atoms with Crippen molar-refractivity contribution in [2.75, 3.05) is 11.6 Å². The molecule has 4 heteroatoms. The van der Waals surface area contributed by atoms with Crippen molar-refractivity contribution in [1.82, 2.24) is 0 Å². The van der Waals surface area contributed by atoms with Crippen LogP contribution >= 0.6 is 15.9 Å². The van der Waals surface area contributed by atoms with Gasteiger partial charge in [-0.2, -0.15) is 0 Å². The molecule has 108 valence electrons. The molecule has 1 aromatic carbocycles. The minimum Gasteiger partial charge on any atom is -0.284 e. The van der Waals surface area contributed by atoms with Gasteiger partial charge in [-0.15, -0.1) is 4.68 Å². The van der Waals surface area contributed by atoms with Crippen LogP contribution in [0.25, 0.3) is 0 Å². The fourth-order valence-corrected chi connectivity index (χ4v) is 2.24. The van der Waals surface area contributed by atoms with Gasteiger partial charge in [0.15, 0.2) is 0 Å². The summed E-state index contributed by atoms with van der Waals surface area (Å²) < 4.78 is 2.25. The summed E-state index contributed by atoms with van der Waals surface area (Å²) in [7, 11) is 0. The highest BCUT2D eigenvalue weighted by Crippen LogP contribution is 2.14. The molecule has 3 nitrogen and oxygen atoms in total. The van der Waals surface area contributed by atoms with E-state index in [0.29, 0.717) is 5.82 Å². The van der Waals surface area contributed by atoms with Crippen LogP contribution in [0, 0.1) is 34.6 Å².